The molecule has 0 aliphatic carbocycles. The van der Waals surface area contributed by atoms with Gasteiger partial charge in [0.25, 0.3) is 0 Å². The summed E-state index contributed by atoms with van der Waals surface area (Å²) in [7, 11) is 5.38. The lowest BCUT2D eigenvalue weighted by Gasteiger charge is -2.22. The van der Waals surface area contributed by atoms with Crippen molar-refractivity contribution in [3.8, 4) is 0 Å². The van der Waals surface area contributed by atoms with Crippen LogP contribution in [0.4, 0.5) is 5.69 Å². The van der Waals surface area contributed by atoms with Gasteiger partial charge in [0, 0.05) is 39.3 Å². The number of methoxy groups -OCH3 is 1. The molecule has 1 saturated heterocycles. The summed E-state index contributed by atoms with van der Waals surface area (Å²) in [6.07, 6.45) is -0.0174. The molecule has 110 valence electrons. The number of carbonyl (C=O) groups is 1. The van der Waals surface area contributed by atoms with Crippen LogP contribution in [-0.2, 0) is 16.1 Å². The first-order valence-electron chi connectivity index (χ1n) is 6.77. The number of nitrogens with zero attached hydrogens (tertiary/aromatic N) is 2. The quantitative estimate of drug-likeness (QED) is 0.828. The zero-order valence-electron chi connectivity index (χ0n) is 12.2. The molecule has 0 aromatic heterocycles. The number of aliphatic hydroxyl groups is 1. The minimum absolute atomic E-state index is 0.273. The van der Waals surface area contributed by atoms with Crippen LogP contribution in [0, 0.1) is 0 Å². The van der Waals surface area contributed by atoms with Crippen molar-refractivity contribution in [1.29, 1.82) is 0 Å². The third-order valence-electron chi connectivity index (χ3n) is 3.67. The first-order chi connectivity index (χ1) is 9.51. The van der Waals surface area contributed by atoms with Gasteiger partial charge in [-0.05, 0) is 17.7 Å². The predicted molar refractivity (Wildman–Crippen MR) is 77.6 cm³/mol. The molecular formula is C15H22N2O3. The van der Waals surface area contributed by atoms with Gasteiger partial charge < -0.3 is 14.7 Å². The van der Waals surface area contributed by atoms with Gasteiger partial charge in [-0.3, -0.25) is 9.69 Å². The minimum Gasteiger partial charge on any atom is -0.468 e. The number of rotatable bonds is 4. The zero-order valence-corrected chi connectivity index (χ0v) is 12.2. The Balaban J connectivity index is 2.11. The van der Waals surface area contributed by atoms with Crippen LogP contribution in [0.15, 0.2) is 24.3 Å². The number of anilines is 1. The molecular weight excluding hydrogens is 256 g/mol. The molecule has 0 amide bonds. The number of hydrogen-bond donors (Lipinski definition) is 1. The van der Waals surface area contributed by atoms with Crippen molar-refractivity contribution in [3.05, 3.63) is 29.8 Å². The van der Waals surface area contributed by atoms with Gasteiger partial charge in [-0.25, -0.2) is 0 Å². The van der Waals surface area contributed by atoms with Gasteiger partial charge in [0.2, 0.25) is 0 Å². The molecule has 1 heterocycles. The van der Waals surface area contributed by atoms with E-state index in [1.165, 1.54) is 7.11 Å². The third kappa shape index (κ3) is 3.29. The topological polar surface area (TPSA) is 53.0 Å². The van der Waals surface area contributed by atoms with Crippen molar-refractivity contribution in [1.82, 2.24) is 4.90 Å². The molecule has 20 heavy (non-hydrogen) atoms. The van der Waals surface area contributed by atoms with E-state index < -0.39 is 6.10 Å². The summed E-state index contributed by atoms with van der Waals surface area (Å²) in [6.45, 7) is 1.14. The fourth-order valence-corrected chi connectivity index (χ4v) is 2.60. The monoisotopic (exact) mass is 278 g/mol. The molecule has 1 fully saturated rings. The standard InChI is InChI=1S/C15H22N2O3/c1-16(2)12-6-4-5-11(7-12)9-17-10-13(18)8-14(17)15(19)20-3/h4-7,13-14,18H,8-10H2,1-3H3/t13-,14+/m1/s1. The van der Waals surface area contributed by atoms with E-state index in [0.29, 0.717) is 19.5 Å². The Morgan fingerprint density at radius 3 is 2.90 bits per heavy atom. The Morgan fingerprint density at radius 1 is 1.50 bits per heavy atom. The van der Waals surface area contributed by atoms with Crippen molar-refractivity contribution in [2.45, 2.75) is 25.1 Å². The smallest absolute Gasteiger partial charge is 0.323 e. The average molecular weight is 278 g/mol. The van der Waals surface area contributed by atoms with Crippen LogP contribution < -0.4 is 4.90 Å². The summed E-state index contributed by atoms with van der Waals surface area (Å²) in [5.41, 5.74) is 2.25. The molecule has 1 aliphatic rings. The van der Waals surface area contributed by atoms with E-state index in [1.54, 1.807) is 0 Å². The highest BCUT2D eigenvalue weighted by Gasteiger charge is 2.36. The van der Waals surface area contributed by atoms with Gasteiger partial charge in [-0.1, -0.05) is 12.1 Å². The molecule has 0 unspecified atom stereocenters. The number of aliphatic hydroxyl groups excluding tert-OH is 1. The van der Waals surface area contributed by atoms with Crippen LogP contribution in [0.25, 0.3) is 0 Å². The SMILES string of the molecule is COC(=O)[C@@H]1C[C@@H](O)CN1Cc1cccc(N(C)C)c1. The predicted octanol–water partition coefficient (Wildman–Crippen LogP) is 0.861. The Hall–Kier alpha value is -1.59. The Morgan fingerprint density at radius 2 is 2.25 bits per heavy atom. The van der Waals surface area contributed by atoms with Crippen molar-refractivity contribution in [3.63, 3.8) is 0 Å². The Bertz CT molecular complexity index is 476. The molecule has 2 rings (SSSR count). The van der Waals surface area contributed by atoms with Crippen molar-refractivity contribution in [2.24, 2.45) is 0 Å². The number of carbonyl (C=O) groups excluding carboxylic acids is 1. The number of benzene rings is 1. The molecule has 2 atom stereocenters. The summed E-state index contributed by atoms with van der Waals surface area (Å²) >= 11 is 0. The molecule has 0 spiro atoms. The summed E-state index contributed by atoms with van der Waals surface area (Å²) in [4.78, 5) is 15.8. The van der Waals surface area contributed by atoms with Crippen LogP contribution in [0.2, 0.25) is 0 Å². The molecule has 5 nitrogen and oxygen atoms in total. The van der Waals surface area contributed by atoms with Crippen LogP contribution in [-0.4, -0.2) is 55.9 Å². The highest BCUT2D eigenvalue weighted by atomic mass is 16.5. The van der Waals surface area contributed by atoms with Gasteiger partial charge in [0.1, 0.15) is 6.04 Å². The maximum absolute atomic E-state index is 11.8. The fraction of sp³-hybridized carbons (Fsp3) is 0.533. The minimum atomic E-state index is -0.462. The largest absolute Gasteiger partial charge is 0.468 e. The number of hydrogen-bond acceptors (Lipinski definition) is 5. The van der Waals surface area contributed by atoms with E-state index in [-0.39, 0.29) is 12.0 Å². The fourth-order valence-electron chi connectivity index (χ4n) is 2.60. The average Bonchev–Trinajstić information content (AvgIpc) is 2.79. The molecule has 0 bridgehead atoms. The lowest BCUT2D eigenvalue weighted by Crippen LogP contribution is -2.36. The van der Waals surface area contributed by atoms with E-state index in [2.05, 4.69) is 6.07 Å². The van der Waals surface area contributed by atoms with Crippen LogP contribution in [0.5, 0.6) is 0 Å². The Kier molecular flexibility index (Phi) is 4.62. The lowest BCUT2D eigenvalue weighted by atomic mass is 10.1. The highest BCUT2D eigenvalue weighted by Crippen LogP contribution is 2.23. The van der Waals surface area contributed by atoms with Gasteiger partial charge in [-0.2, -0.15) is 0 Å². The number of β-amino-alcohol motifs (C(OH)–C–C–N with tert-alkyl or cyclic N) is 1. The van der Waals surface area contributed by atoms with E-state index in [1.807, 2.05) is 42.1 Å². The lowest BCUT2D eigenvalue weighted by molar-refractivity contribution is -0.146. The maximum Gasteiger partial charge on any atom is 0.323 e. The molecule has 5 heteroatoms. The molecule has 1 aliphatic heterocycles. The molecule has 1 N–H and O–H groups in total. The van der Waals surface area contributed by atoms with E-state index >= 15 is 0 Å². The van der Waals surface area contributed by atoms with Crippen LogP contribution in [0.1, 0.15) is 12.0 Å². The van der Waals surface area contributed by atoms with Gasteiger partial charge in [0.15, 0.2) is 0 Å². The van der Waals surface area contributed by atoms with E-state index in [0.717, 1.165) is 11.3 Å². The van der Waals surface area contributed by atoms with Gasteiger partial charge >= 0.3 is 5.97 Å². The number of ether oxygens (including phenoxy) is 1. The second-order valence-corrected chi connectivity index (χ2v) is 5.42. The summed E-state index contributed by atoms with van der Waals surface area (Å²) in [6, 6.07) is 7.83. The molecule has 0 radical (unpaired) electrons. The van der Waals surface area contributed by atoms with Crippen molar-refractivity contribution in [2.75, 3.05) is 32.6 Å². The first-order valence-corrected chi connectivity index (χ1v) is 6.77. The van der Waals surface area contributed by atoms with Crippen LogP contribution in [0.3, 0.4) is 0 Å². The number of likely N-dealkylation sites (tertiary alicyclic amines) is 1. The van der Waals surface area contributed by atoms with E-state index in [4.69, 9.17) is 4.74 Å². The summed E-state index contributed by atoms with van der Waals surface area (Å²) in [5.74, 6) is -0.273. The summed E-state index contributed by atoms with van der Waals surface area (Å²) in [5, 5.41) is 9.78. The second-order valence-electron chi connectivity index (χ2n) is 5.42. The number of esters is 1. The van der Waals surface area contributed by atoms with Crippen LogP contribution >= 0.6 is 0 Å². The highest BCUT2D eigenvalue weighted by molar-refractivity contribution is 5.76. The van der Waals surface area contributed by atoms with Crippen molar-refractivity contribution < 1.29 is 14.6 Å². The van der Waals surface area contributed by atoms with Crippen molar-refractivity contribution >= 4 is 11.7 Å². The first kappa shape index (κ1) is 14.8. The second kappa shape index (κ2) is 6.24. The van der Waals surface area contributed by atoms with Gasteiger partial charge in [0.05, 0.1) is 13.2 Å². The maximum atomic E-state index is 11.8. The zero-order chi connectivity index (χ0) is 14.7. The molecule has 1 aromatic carbocycles. The van der Waals surface area contributed by atoms with E-state index in [9.17, 15) is 9.90 Å². The molecule has 0 saturated carbocycles. The van der Waals surface area contributed by atoms with Gasteiger partial charge in [-0.15, -0.1) is 0 Å². The normalized spacial score (nSPS) is 22.8. The molecule has 1 aromatic rings. The third-order valence-corrected chi connectivity index (χ3v) is 3.67. The summed E-state index contributed by atoms with van der Waals surface area (Å²) < 4.78 is 4.81. The Labute approximate surface area is 119 Å².